The molecule has 0 aromatic carbocycles. The molecule has 1 amide bonds. The molecule has 1 aromatic rings. The van der Waals surface area contributed by atoms with Gasteiger partial charge in [0, 0.05) is 28.9 Å². The molecular weight excluding hydrogens is 228 g/mol. The molecule has 0 aliphatic heterocycles. The normalized spacial score (nSPS) is 12.1. The number of hydrogen-bond donors (Lipinski definition) is 2. The number of aromatic nitrogens is 2. The van der Waals surface area contributed by atoms with E-state index in [1.54, 1.807) is 0 Å². The molecule has 88 valence electrons. The topological polar surface area (TPSA) is 98.0 Å². The highest BCUT2D eigenvalue weighted by molar-refractivity contribution is 7.84. The monoisotopic (exact) mass is 242 g/mol. The minimum atomic E-state index is -0.880. The number of nitrogen functional groups attached to an aromatic ring is 1. The number of anilines is 1. The Labute approximate surface area is 96.1 Å². The first-order valence-corrected chi connectivity index (χ1v) is 6.33. The summed E-state index contributed by atoms with van der Waals surface area (Å²) in [5.74, 6) is 0.879. The molecule has 0 saturated heterocycles. The fourth-order valence-corrected chi connectivity index (χ4v) is 1.62. The van der Waals surface area contributed by atoms with Crippen LogP contribution in [0.3, 0.4) is 0 Å². The minimum Gasteiger partial charge on any atom is -0.382 e. The second kappa shape index (κ2) is 6.16. The molecule has 7 heteroatoms. The Hall–Kier alpha value is -1.50. The second-order valence-corrected chi connectivity index (χ2v) is 4.88. The van der Waals surface area contributed by atoms with E-state index < -0.39 is 10.8 Å². The molecule has 1 heterocycles. The molecule has 0 spiro atoms. The van der Waals surface area contributed by atoms with E-state index in [4.69, 9.17) is 5.73 Å². The highest BCUT2D eigenvalue weighted by Gasteiger charge is 2.07. The summed E-state index contributed by atoms with van der Waals surface area (Å²) in [6, 6.07) is 0. The summed E-state index contributed by atoms with van der Waals surface area (Å²) >= 11 is 0. The Kier molecular flexibility index (Phi) is 4.84. The van der Waals surface area contributed by atoms with Gasteiger partial charge in [-0.3, -0.25) is 14.0 Å². The largest absolute Gasteiger partial charge is 0.382 e. The molecule has 1 rings (SSSR count). The van der Waals surface area contributed by atoms with Crippen LogP contribution >= 0.6 is 0 Å². The lowest BCUT2D eigenvalue weighted by Crippen LogP contribution is -2.29. The first-order valence-electron chi connectivity index (χ1n) is 4.84. The van der Waals surface area contributed by atoms with E-state index in [0.717, 1.165) is 0 Å². The van der Waals surface area contributed by atoms with Crippen molar-refractivity contribution in [2.45, 2.75) is 6.92 Å². The van der Waals surface area contributed by atoms with E-state index in [1.165, 1.54) is 12.4 Å². The van der Waals surface area contributed by atoms with Gasteiger partial charge >= 0.3 is 0 Å². The summed E-state index contributed by atoms with van der Waals surface area (Å²) < 4.78 is 11.1. The number of amides is 1. The summed E-state index contributed by atoms with van der Waals surface area (Å²) in [4.78, 5) is 19.1. The molecule has 0 aliphatic rings. The Balaban J connectivity index is 2.44. The Morgan fingerprint density at radius 3 is 2.94 bits per heavy atom. The lowest BCUT2D eigenvalue weighted by Gasteiger charge is -2.03. The van der Waals surface area contributed by atoms with Gasteiger partial charge in [0.1, 0.15) is 11.5 Å². The number of nitrogens with one attached hydrogen (secondary N) is 1. The molecule has 0 fully saturated rings. The summed E-state index contributed by atoms with van der Waals surface area (Å²) in [5, 5.41) is 2.60. The van der Waals surface area contributed by atoms with Crippen LogP contribution in [0.15, 0.2) is 12.4 Å². The maximum Gasteiger partial charge on any atom is 0.271 e. The van der Waals surface area contributed by atoms with E-state index in [0.29, 0.717) is 18.1 Å². The predicted octanol–water partition coefficient (Wildman–Crippen LogP) is -0.443. The van der Waals surface area contributed by atoms with Crippen LogP contribution in [0.4, 0.5) is 5.82 Å². The standard InChI is InChI=1S/C9H14N4O2S/c1-2-16(15)4-3-12-9(14)7-5-11-6-8(10)13-7/h5-6H,2-4H2,1H3,(H2,10,13)(H,12,14). The summed E-state index contributed by atoms with van der Waals surface area (Å²) in [6.07, 6.45) is 2.70. The van der Waals surface area contributed by atoms with Gasteiger partial charge in [0.05, 0.1) is 12.4 Å². The van der Waals surface area contributed by atoms with E-state index in [9.17, 15) is 9.00 Å². The van der Waals surface area contributed by atoms with Crippen molar-refractivity contribution in [3.05, 3.63) is 18.1 Å². The van der Waals surface area contributed by atoms with Crippen molar-refractivity contribution in [3.8, 4) is 0 Å². The number of nitrogens with zero attached hydrogens (tertiary/aromatic N) is 2. The smallest absolute Gasteiger partial charge is 0.271 e. The summed E-state index contributed by atoms with van der Waals surface area (Å²) in [5.41, 5.74) is 5.56. The summed E-state index contributed by atoms with van der Waals surface area (Å²) in [7, 11) is -0.880. The summed E-state index contributed by atoms with van der Waals surface area (Å²) in [6.45, 7) is 2.19. The zero-order chi connectivity index (χ0) is 12.0. The Morgan fingerprint density at radius 1 is 1.56 bits per heavy atom. The molecule has 0 radical (unpaired) electrons. The number of carbonyl (C=O) groups is 1. The minimum absolute atomic E-state index is 0.169. The van der Waals surface area contributed by atoms with Gasteiger partial charge in [0.25, 0.3) is 5.91 Å². The second-order valence-electron chi connectivity index (χ2n) is 3.02. The molecule has 3 N–H and O–H groups in total. The van der Waals surface area contributed by atoms with Gasteiger partial charge in [-0.2, -0.15) is 0 Å². The van der Waals surface area contributed by atoms with Crippen molar-refractivity contribution in [2.24, 2.45) is 0 Å². The Morgan fingerprint density at radius 2 is 2.31 bits per heavy atom. The zero-order valence-electron chi connectivity index (χ0n) is 8.97. The van der Waals surface area contributed by atoms with Crippen molar-refractivity contribution in [1.82, 2.24) is 15.3 Å². The van der Waals surface area contributed by atoms with Crippen molar-refractivity contribution in [1.29, 1.82) is 0 Å². The van der Waals surface area contributed by atoms with Crippen molar-refractivity contribution in [2.75, 3.05) is 23.8 Å². The zero-order valence-corrected chi connectivity index (χ0v) is 9.79. The van der Waals surface area contributed by atoms with Gasteiger partial charge in [-0.25, -0.2) is 4.98 Å². The van der Waals surface area contributed by atoms with Gasteiger partial charge in [0.15, 0.2) is 0 Å². The third kappa shape index (κ3) is 3.93. The quantitative estimate of drug-likeness (QED) is 0.729. The van der Waals surface area contributed by atoms with Crippen molar-refractivity contribution < 1.29 is 9.00 Å². The van der Waals surface area contributed by atoms with Crippen LogP contribution in [-0.4, -0.2) is 38.1 Å². The van der Waals surface area contributed by atoms with E-state index >= 15 is 0 Å². The number of rotatable bonds is 5. The van der Waals surface area contributed by atoms with Gasteiger partial charge in [-0.1, -0.05) is 6.92 Å². The van der Waals surface area contributed by atoms with Crippen LogP contribution in [0.25, 0.3) is 0 Å². The fraction of sp³-hybridized carbons (Fsp3) is 0.444. The van der Waals surface area contributed by atoms with Gasteiger partial charge in [-0.05, 0) is 0 Å². The molecule has 0 aliphatic carbocycles. The number of nitrogens with two attached hydrogens (primary N) is 1. The van der Waals surface area contributed by atoms with Crippen LogP contribution in [-0.2, 0) is 10.8 Å². The molecule has 0 bridgehead atoms. The third-order valence-electron chi connectivity index (χ3n) is 1.82. The maximum atomic E-state index is 11.5. The molecule has 0 saturated carbocycles. The molecule has 16 heavy (non-hydrogen) atoms. The van der Waals surface area contributed by atoms with Crippen LogP contribution < -0.4 is 11.1 Å². The molecule has 1 atom stereocenters. The highest BCUT2D eigenvalue weighted by atomic mass is 32.2. The maximum absolute atomic E-state index is 11.5. The first kappa shape index (κ1) is 12.6. The molecule has 6 nitrogen and oxygen atoms in total. The van der Waals surface area contributed by atoms with E-state index in [1.807, 2.05) is 6.92 Å². The SMILES string of the molecule is CCS(=O)CCNC(=O)c1cncc(N)n1. The van der Waals surface area contributed by atoms with Crippen LogP contribution in [0.5, 0.6) is 0 Å². The van der Waals surface area contributed by atoms with E-state index in [-0.39, 0.29) is 17.4 Å². The van der Waals surface area contributed by atoms with Crippen molar-refractivity contribution >= 4 is 22.5 Å². The lowest BCUT2D eigenvalue weighted by molar-refractivity contribution is 0.0951. The van der Waals surface area contributed by atoms with Crippen LogP contribution in [0.1, 0.15) is 17.4 Å². The average molecular weight is 242 g/mol. The van der Waals surface area contributed by atoms with Gasteiger partial charge in [-0.15, -0.1) is 0 Å². The Bertz CT molecular complexity index is 397. The number of carbonyl (C=O) groups excluding carboxylic acids is 1. The molecule has 1 unspecified atom stereocenters. The highest BCUT2D eigenvalue weighted by Crippen LogP contribution is 1.96. The van der Waals surface area contributed by atoms with E-state index in [2.05, 4.69) is 15.3 Å². The fourth-order valence-electron chi connectivity index (χ4n) is 1.00. The first-order chi connectivity index (χ1) is 7.63. The van der Waals surface area contributed by atoms with Crippen LogP contribution in [0, 0.1) is 0 Å². The van der Waals surface area contributed by atoms with Crippen molar-refractivity contribution in [3.63, 3.8) is 0 Å². The molecule has 1 aromatic heterocycles. The molecular formula is C9H14N4O2S. The van der Waals surface area contributed by atoms with Gasteiger partial charge in [0.2, 0.25) is 0 Å². The van der Waals surface area contributed by atoms with Gasteiger partial charge < -0.3 is 11.1 Å². The third-order valence-corrected chi connectivity index (χ3v) is 3.13. The predicted molar refractivity (Wildman–Crippen MR) is 62.3 cm³/mol. The van der Waals surface area contributed by atoms with Crippen LogP contribution in [0.2, 0.25) is 0 Å². The lowest BCUT2D eigenvalue weighted by atomic mass is 10.4. The number of hydrogen-bond acceptors (Lipinski definition) is 5. The average Bonchev–Trinajstić information content (AvgIpc) is 2.28.